The van der Waals surface area contributed by atoms with Gasteiger partial charge in [-0.05, 0) is 5.56 Å². The molecule has 0 amide bonds. The van der Waals surface area contributed by atoms with Crippen molar-refractivity contribution >= 4 is 17.4 Å². The van der Waals surface area contributed by atoms with E-state index in [0.29, 0.717) is 18.1 Å². The maximum absolute atomic E-state index is 12.5. The van der Waals surface area contributed by atoms with Gasteiger partial charge in [0.25, 0.3) is 0 Å². The lowest BCUT2D eigenvalue weighted by Crippen LogP contribution is -2.17. The summed E-state index contributed by atoms with van der Waals surface area (Å²) in [6.07, 6.45) is -0.595. The summed E-state index contributed by atoms with van der Waals surface area (Å²) in [6, 6.07) is 18.6. The number of Topliss-reactive ketones (excluding diaryl/α,β-unsaturated/α-hetero) is 1. The van der Waals surface area contributed by atoms with Gasteiger partial charge < -0.3 is 4.74 Å². The summed E-state index contributed by atoms with van der Waals surface area (Å²) < 4.78 is 5.61. The molecular weight excluding hydrogens is 260 g/mol. The van der Waals surface area contributed by atoms with Gasteiger partial charge in [0, 0.05) is 11.4 Å². The minimum absolute atomic E-state index is 0.0445. The Morgan fingerprint density at radius 1 is 1.00 bits per heavy atom. The zero-order chi connectivity index (χ0) is 13.5. The van der Waals surface area contributed by atoms with Gasteiger partial charge in [0.05, 0.1) is 6.61 Å². The molecule has 0 spiro atoms. The molecule has 0 N–H and O–H groups in total. The van der Waals surface area contributed by atoms with E-state index < -0.39 is 6.10 Å². The van der Waals surface area contributed by atoms with Crippen molar-refractivity contribution in [1.82, 2.24) is 0 Å². The molecule has 0 heterocycles. The van der Waals surface area contributed by atoms with Crippen molar-refractivity contribution < 1.29 is 9.53 Å². The van der Waals surface area contributed by atoms with Crippen molar-refractivity contribution in [2.45, 2.75) is 6.10 Å². The van der Waals surface area contributed by atoms with Crippen LogP contribution in [-0.2, 0) is 4.74 Å². The third kappa shape index (κ3) is 3.66. The first kappa shape index (κ1) is 13.8. The van der Waals surface area contributed by atoms with Crippen LogP contribution in [0.15, 0.2) is 60.7 Å². The van der Waals surface area contributed by atoms with Crippen LogP contribution in [0.1, 0.15) is 22.0 Å². The Morgan fingerprint density at radius 2 is 1.58 bits per heavy atom. The number of carbonyl (C=O) groups excluding carboxylic acids is 1. The van der Waals surface area contributed by atoms with Crippen molar-refractivity contribution in [2.75, 3.05) is 12.5 Å². The minimum atomic E-state index is -0.595. The number of ketones is 1. The first-order valence-corrected chi connectivity index (χ1v) is 6.68. The van der Waals surface area contributed by atoms with Crippen molar-refractivity contribution in [2.24, 2.45) is 0 Å². The van der Waals surface area contributed by atoms with Crippen molar-refractivity contribution in [3.8, 4) is 0 Å². The Balaban J connectivity index is 2.25. The molecule has 0 radical (unpaired) electrons. The highest BCUT2D eigenvalue weighted by atomic mass is 35.5. The maximum Gasteiger partial charge on any atom is 0.196 e. The Kier molecular flexibility index (Phi) is 5.13. The van der Waals surface area contributed by atoms with Crippen molar-refractivity contribution in [3.05, 3.63) is 71.8 Å². The fraction of sp³-hybridized carbons (Fsp3) is 0.188. The Labute approximate surface area is 118 Å². The minimum Gasteiger partial charge on any atom is -0.364 e. The average Bonchev–Trinajstić information content (AvgIpc) is 2.49. The number of ether oxygens (including phenoxy) is 1. The molecule has 1 atom stereocenters. The monoisotopic (exact) mass is 274 g/mol. The molecule has 0 bridgehead atoms. The van der Waals surface area contributed by atoms with E-state index in [2.05, 4.69) is 0 Å². The number of benzene rings is 2. The second-order valence-corrected chi connectivity index (χ2v) is 4.46. The van der Waals surface area contributed by atoms with E-state index in [-0.39, 0.29) is 5.78 Å². The smallest absolute Gasteiger partial charge is 0.196 e. The molecule has 1 unspecified atom stereocenters. The molecule has 19 heavy (non-hydrogen) atoms. The van der Waals surface area contributed by atoms with E-state index in [1.165, 1.54) is 0 Å². The number of hydrogen-bond acceptors (Lipinski definition) is 2. The highest BCUT2D eigenvalue weighted by molar-refractivity contribution is 6.18. The topological polar surface area (TPSA) is 26.3 Å². The molecule has 2 rings (SSSR count). The molecule has 2 nitrogen and oxygen atoms in total. The van der Waals surface area contributed by atoms with Crippen LogP contribution < -0.4 is 0 Å². The van der Waals surface area contributed by atoms with Gasteiger partial charge in [-0.3, -0.25) is 4.79 Å². The van der Waals surface area contributed by atoms with Gasteiger partial charge in [0.2, 0.25) is 0 Å². The highest BCUT2D eigenvalue weighted by Gasteiger charge is 2.22. The van der Waals surface area contributed by atoms with Gasteiger partial charge in [0.1, 0.15) is 6.10 Å². The summed E-state index contributed by atoms with van der Waals surface area (Å²) in [5.41, 5.74) is 1.49. The molecule has 0 aliphatic carbocycles. The van der Waals surface area contributed by atoms with Crippen LogP contribution in [-0.4, -0.2) is 18.3 Å². The van der Waals surface area contributed by atoms with Gasteiger partial charge >= 0.3 is 0 Å². The molecule has 2 aromatic rings. The largest absolute Gasteiger partial charge is 0.364 e. The van der Waals surface area contributed by atoms with E-state index in [9.17, 15) is 4.79 Å². The molecule has 0 aliphatic heterocycles. The Bertz CT molecular complexity index is 511. The van der Waals surface area contributed by atoms with Gasteiger partial charge in [-0.1, -0.05) is 60.7 Å². The van der Waals surface area contributed by atoms with E-state index in [1.807, 2.05) is 48.5 Å². The Hall–Kier alpha value is -1.64. The third-order valence-corrected chi connectivity index (χ3v) is 2.91. The van der Waals surface area contributed by atoms with Crippen LogP contribution in [0, 0.1) is 0 Å². The number of alkyl halides is 1. The fourth-order valence-electron chi connectivity index (χ4n) is 1.87. The van der Waals surface area contributed by atoms with E-state index in [0.717, 1.165) is 5.56 Å². The molecule has 2 aromatic carbocycles. The maximum atomic E-state index is 12.5. The molecule has 3 heteroatoms. The lowest BCUT2D eigenvalue weighted by Gasteiger charge is -2.16. The van der Waals surface area contributed by atoms with Crippen LogP contribution >= 0.6 is 11.6 Å². The zero-order valence-electron chi connectivity index (χ0n) is 10.5. The standard InChI is InChI=1S/C16H15ClO2/c17-11-12-19-16(14-9-5-2-6-10-14)15(18)13-7-3-1-4-8-13/h1-10,16H,11-12H2. The van der Waals surface area contributed by atoms with Gasteiger partial charge in [-0.15, -0.1) is 11.6 Å². The van der Waals surface area contributed by atoms with Gasteiger partial charge in [0.15, 0.2) is 5.78 Å². The summed E-state index contributed by atoms with van der Waals surface area (Å²) in [6.45, 7) is 0.347. The number of hydrogen-bond donors (Lipinski definition) is 0. The lowest BCUT2D eigenvalue weighted by molar-refractivity contribution is 0.0459. The zero-order valence-corrected chi connectivity index (χ0v) is 11.2. The van der Waals surface area contributed by atoms with Gasteiger partial charge in [-0.25, -0.2) is 0 Å². The molecule has 0 aliphatic rings. The highest BCUT2D eigenvalue weighted by Crippen LogP contribution is 2.22. The number of halogens is 1. The van der Waals surface area contributed by atoms with E-state index >= 15 is 0 Å². The normalized spacial score (nSPS) is 12.1. The molecule has 0 aromatic heterocycles. The molecule has 98 valence electrons. The second-order valence-electron chi connectivity index (χ2n) is 4.08. The predicted molar refractivity (Wildman–Crippen MR) is 76.6 cm³/mol. The van der Waals surface area contributed by atoms with Crippen LogP contribution in [0.3, 0.4) is 0 Å². The Morgan fingerprint density at radius 3 is 2.16 bits per heavy atom. The van der Waals surface area contributed by atoms with Crippen molar-refractivity contribution in [3.63, 3.8) is 0 Å². The molecule has 0 saturated carbocycles. The second kappa shape index (κ2) is 7.07. The van der Waals surface area contributed by atoms with Crippen LogP contribution in [0.5, 0.6) is 0 Å². The SMILES string of the molecule is O=C(c1ccccc1)C(OCCCl)c1ccccc1. The number of carbonyl (C=O) groups is 1. The van der Waals surface area contributed by atoms with E-state index in [1.54, 1.807) is 12.1 Å². The third-order valence-electron chi connectivity index (χ3n) is 2.76. The summed E-state index contributed by atoms with van der Waals surface area (Å²) in [7, 11) is 0. The van der Waals surface area contributed by atoms with Crippen molar-refractivity contribution in [1.29, 1.82) is 0 Å². The average molecular weight is 275 g/mol. The van der Waals surface area contributed by atoms with Crippen LogP contribution in [0.4, 0.5) is 0 Å². The summed E-state index contributed by atoms with van der Waals surface area (Å²) in [5, 5.41) is 0. The van der Waals surface area contributed by atoms with Crippen LogP contribution in [0.25, 0.3) is 0 Å². The van der Waals surface area contributed by atoms with Crippen LogP contribution in [0.2, 0.25) is 0 Å². The molecular formula is C16H15ClO2. The summed E-state index contributed by atoms with van der Waals surface area (Å²) >= 11 is 5.65. The molecule has 0 fully saturated rings. The van der Waals surface area contributed by atoms with Gasteiger partial charge in [-0.2, -0.15) is 0 Å². The first-order valence-electron chi connectivity index (χ1n) is 6.14. The quantitative estimate of drug-likeness (QED) is 0.590. The number of rotatable bonds is 6. The molecule has 0 saturated heterocycles. The predicted octanol–water partition coefficient (Wildman–Crippen LogP) is 3.87. The fourth-order valence-corrected chi connectivity index (χ4v) is 1.96. The summed E-state index contributed by atoms with van der Waals surface area (Å²) in [5.74, 6) is 0.322. The summed E-state index contributed by atoms with van der Waals surface area (Å²) in [4.78, 5) is 12.5. The lowest BCUT2D eigenvalue weighted by atomic mass is 10.00. The first-order chi connectivity index (χ1) is 9.33. The van der Waals surface area contributed by atoms with E-state index in [4.69, 9.17) is 16.3 Å².